The Morgan fingerprint density at radius 3 is 2.70 bits per heavy atom. The molecule has 1 N–H and O–H groups in total. The smallest absolute Gasteiger partial charge is 0.243 e. The fraction of sp³-hybridized carbons (Fsp3) is 0.562. The summed E-state index contributed by atoms with van der Waals surface area (Å²) in [6.07, 6.45) is 3.24. The predicted octanol–water partition coefficient (Wildman–Crippen LogP) is 2.14. The summed E-state index contributed by atoms with van der Waals surface area (Å²) in [5.41, 5.74) is 0. The van der Waals surface area contributed by atoms with Crippen molar-refractivity contribution in [3.63, 3.8) is 0 Å². The number of piperidine rings is 1. The molecule has 0 spiro atoms. The predicted molar refractivity (Wildman–Crippen MR) is 85.8 cm³/mol. The van der Waals surface area contributed by atoms with E-state index in [9.17, 15) is 17.6 Å². The molecule has 1 fully saturated rings. The maximum atomic E-state index is 13.0. The Morgan fingerprint density at radius 2 is 2.04 bits per heavy atom. The van der Waals surface area contributed by atoms with Gasteiger partial charge in [-0.05, 0) is 43.5 Å². The number of unbranched alkanes of at least 4 members (excludes halogenated alkanes) is 1. The Morgan fingerprint density at radius 1 is 1.35 bits per heavy atom. The summed E-state index contributed by atoms with van der Waals surface area (Å²) < 4.78 is 39.5. The van der Waals surface area contributed by atoms with Gasteiger partial charge in [-0.15, -0.1) is 0 Å². The van der Waals surface area contributed by atoms with Gasteiger partial charge < -0.3 is 5.32 Å². The van der Waals surface area contributed by atoms with Gasteiger partial charge in [0, 0.05) is 19.6 Å². The topological polar surface area (TPSA) is 66.5 Å². The van der Waals surface area contributed by atoms with Crippen LogP contribution in [-0.2, 0) is 14.8 Å². The number of halogens is 1. The minimum absolute atomic E-state index is 0.0611. The average molecular weight is 342 g/mol. The maximum Gasteiger partial charge on any atom is 0.243 e. The summed E-state index contributed by atoms with van der Waals surface area (Å²) in [6, 6.07) is 4.78. The molecule has 0 unspecified atom stereocenters. The zero-order chi connectivity index (χ0) is 16.9. The van der Waals surface area contributed by atoms with Crippen molar-refractivity contribution in [1.82, 2.24) is 9.62 Å². The molecule has 1 aliphatic rings. The molecular weight excluding hydrogens is 319 g/mol. The van der Waals surface area contributed by atoms with Crippen LogP contribution in [0.3, 0.4) is 0 Å². The number of nitrogens with zero attached hydrogens (tertiary/aromatic N) is 1. The van der Waals surface area contributed by atoms with Gasteiger partial charge in [0.1, 0.15) is 5.82 Å². The second-order valence-corrected chi connectivity index (χ2v) is 7.74. The minimum atomic E-state index is -3.68. The van der Waals surface area contributed by atoms with Crippen LogP contribution in [0.4, 0.5) is 4.39 Å². The van der Waals surface area contributed by atoms with Crippen LogP contribution in [-0.4, -0.2) is 38.3 Å². The van der Waals surface area contributed by atoms with Gasteiger partial charge in [0.2, 0.25) is 15.9 Å². The molecule has 7 heteroatoms. The molecular formula is C16H23FN2O3S. The van der Waals surface area contributed by atoms with Crippen LogP contribution < -0.4 is 5.32 Å². The summed E-state index contributed by atoms with van der Waals surface area (Å²) in [5, 5.41) is 2.86. The van der Waals surface area contributed by atoms with Crippen molar-refractivity contribution >= 4 is 15.9 Å². The zero-order valence-corrected chi connectivity index (χ0v) is 14.1. The quantitative estimate of drug-likeness (QED) is 0.806. The van der Waals surface area contributed by atoms with Crippen molar-refractivity contribution in [3.05, 3.63) is 30.1 Å². The van der Waals surface area contributed by atoms with Crippen molar-refractivity contribution in [2.45, 2.75) is 37.5 Å². The number of amides is 1. The molecule has 1 aromatic carbocycles. The van der Waals surface area contributed by atoms with Gasteiger partial charge >= 0.3 is 0 Å². The van der Waals surface area contributed by atoms with Crippen LogP contribution in [0.5, 0.6) is 0 Å². The molecule has 1 saturated heterocycles. The van der Waals surface area contributed by atoms with E-state index in [1.165, 1.54) is 16.4 Å². The van der Waals surface area contributed by atoms with Crippen LogP contribution in [0, 0.1) is 11.7 Å². The van der Waals surface area contributed by atoms with Gasteiger partial charge in [-0.25, -0.2) is 12.8 Å². The number of benzene rings is 1. The standard InChI is InChI=1S/C16H23FN2O3S/c1-2-3-10-18-16(20)13-5-4-11-19(12-13)23(21,22)15-8-6-14(17)7-9-15/h6-9,13H,2-5,10-12H2,1H3,(H,18,20)/t13-/m1/s1. The van der Waals surface area contributed by atoms with Crippen molar-refractivity contribution in [2.24, 2.45) is 5.92 Å². The van der Waals surface area contributed by atoms with Crippen LogP contribution >= 0.6 is 0 Å². The van der Waals surface area contributed by atoms with E-state index in [1.807, 2.05) is 6.92 Å². The van der Waals surface area contributed by atoms with Crippen LogP contribution in [0.2, 0.25) is 0 Å². The Hall–Kier alpha value is -1.47. The molecule has 1 aliphatic heterocycles. The molecule has 0 bridgehead atoms. The van der Waals surface area contributed by atoms with E-state index in [0.29, 0.717) is 25.9 Å². The SMILES string of the molecule is CCCCNC(=O)[C@@H]1CCCN(S(=O)(=O)c2ccc(F)cc2)C1. The molecule has 0 aromatic heterocycles. The Bertz CT molecular complexity index is 631. The first-order chi connectivity index (χ1) is 10.9. The van der Waals surface area contributed by atoms with Crippen molar-refractivity contribution < 1.29 is 17.6 Å². The van der Waals surface area contributed by atoms with Crippen molar-refractivity contribution in [3.8, 4) is 0 Å². The van der Waals surface area contributed by atoms with Gasteiger partial charge in [-0.3, -0.25) is 4.79 Å². The average Bonchev–Trinajstić information content (AvgIpc) is 2.55. The second kappa shape index (κ2) is 7.88. The van der Waals surface area contributed by atoms with Crippen LogP contribution in [0.1, 0.15) is 32.6 Å². The lowest BCUT2D eigenvalue weighted by Gasteiger charge is -2.31. The summed E-state index contributed by atoms with van der Waals surface area (Å²) >= 11 is 0. The fourth-order valence-corrected chi connectivity index (χ4v) is 4.19. The zero-order valence-electron chi connectivity index (χ0n) is 13.3. The molecule has 1 heterocycles. The van der Waals surface area contributed by atoms with Gasteiger partial charge in [0.25, 0.3) is 0 Å². The molecule has 1 amide bonds. The summed E-state index contributed by atoms with van der Waals surface area (Å²) in [7, 11) is -3.68. The van der Waals surface area contributed by atoms with E-state index in [1.54, 1.807) is 0 Å². The van der Waals surface area contributed by atoms with Gasteiger partial charge in [0.15, 0.2) is 0 Å². The lowest BCUT2D eigenvalue weighted by atomic mass is 9.99. The molecule has 0 radical (unpaired) electrons. The van der Waals surface area contributed by atoms with E-state index in [0.717, 1.165) is 25.0 Å². The summed E-state index contributed by atoms with van der Waals surface area (Å²) in [5.74, 6) is -0.885. The third-order valence-electron chi connectivity index (χ3n) is 4.04. The van der Waals surface area contributed by atoms with E-state index >= 15 is 0 Å². The summed E-state index contributed by atoms with van der Waals surface area (Å²) in [4.78, 5) is 12.2. The second-order valence-electron chi connectivity index (χ2n) is 5.80. The van der Waals surface area contributed by atoms with Crippen molar-refractivity contribution in [1.29, 1.82) is 0 Å². The number of hydrogen-bond donors (Lipinski definition) is 1. The number of sulfonamides is 1. The molecule has 0 aliphatic carbocycles. The largest absolute Gasteiger partial charge is 0.356 e. The highest BCUT2D eigenvalue weighted by Gasteiger charge is 2.33. The Kier molecular flexibility index (Phi) is 6.12. The normalized spacial score (nSPS) is 19.5. The highest BCUT2D eigenvalue weighted by atomic mass is 32.2. The number of nitrogens with one attached hydrogen (secondary N) is 1. The Labute approximate surface area is 136 Å². The Balaban J connectivity index is 2.05. The number of hydrogen-bond acceptors (Lipinski definition) is 3. The van der Waals surface area contributed by atoms with Gasteiger partial charge in [-0.1, -0.05) is 13.3 Å². The van der Waals surface area contributed by atoms with Gasteiger partial charge in [-0.2, -0.15) is 4.31 Å². The first-order valence-corrected chi connectivity index (χ1v) is 9.42. The van der Waals surface area contributed by atoms with E-state index in [-0.39, 0.29) is 23.3 Å². The minimum Gasteiger partial charge on any atom is -0.356 e. The lowest BCUT2D eigenvalue weighted by molar-refractivity contribution is -0.126. The lowest BCUT2D eigenvalue weighted by Crippen LogP contribution is -2.45. The number of rotatable bonds is 6. The van der Waals surface area contributed by atoms with E-state index in [4.69, 9.17) is 0 Å². The van der Waals surface area contributed by atoms with E-state index in [2.05, 4.69) is 5.32 Å². The van der Waals surface area contributed by atoms with Crippen LogP contribution in [0.25, 0.3) is 0 Å². The number of carbonyl (C=O) groups excluding carboxylic acids is 1. The molecule has 5 nitrogen and oxygen atoms in total. The van der Waals surface area contributed by atoms with Crippen LogP contribution in [0.15, 0.2) is 29.2 Å². The maximum absolute atomic E-state index is 13.0. The first kappa shape index (κ1) is 17.9. The molecule has 0 saturated carbocycles. The molecule has 128 valence electrons. The molecule has 23 heavy (non-hydrogen) atoms. The first-order valence-electron chi connectivity index (χ1n) is 7.98. The van der Waals surface area contributed by atoms with E-state index < -0.39 is 15.8 Å². The molecule has 1 aromatic rings. The molecule has 2 rings (SSSR count). The highest BCUT2D eigenvalue weighted by molar-refractivity contribution is 7.89. The fourth-order valence-electron chi connectivity index (χ4n) is 2.66. The third kappa shape index (κ3) is 4.51. The summed E-state index contributed by atoms with van der Waals surface area (Å²) in [6.45, 7) is 3.23. The monoisotopic (exact) mass is 342 g/mol. The highest BCUT2D eigenvalue weighted by Crippen LogP contribution is 2.24. The van der Waals surface area contributed by atoms with Gasteiger partial charge in [0.05, 0.1) is 10.8 Å². The van der Waals surface area contributed by atoms with Crippen molar-refractivity contribution in [2.75, 3.05) is 19.6 Å². The third-order valence-corrected chi connectivity index (χ3v) is 5.92. The molecule has 1 atom stereocenters. The number of carbonyl (C=O) groups is 1.